The molecule has 0 aromatic heterocycles. The van der Waals surface area contributed by atoms with Crippen LogP contribution < -0.4 is 10.6 Å². The Morgan fingerprint density at radius 3 is 2.55 bits per heavy atom. The second-order valence-electron chi connectivity index (χ2n) is 5.18. The van der Waals surface area contributed by atoms with Crippen molar-refractivity contribution in [3.05, 3.63) is 34.9 Å². The number of hydrogen-bond donors (Lipinski definition) is 2. The Balaban J connectivity index is 1.74. The van der Waals surface area contributed by atoms with Gasteiger partial charge in [-0.3, -0.25) is 4.90 Å². The van der Waals surface area contributed by atoms with Crippen molar-refractivity contribution in [1.82, 2.24) is 15.5 Å². The lowest BCUT2D eigenvalue weighted by atomic mass is 10.0. The molecule has 1 heterocycles. The van der Waals surface area contributed by atoms with Gasteiger partial charge in [0.05, 0.1) is 0 Å². The number of thiocarbonyl (C=S) groups is 1. The number of rotatable bonds is 4. The van der Waals surface area contributed by atoms with E-state index < -0.39 is 0 Å². The summed E-state index contributed by atoms with van der Waals surface area (Å²) < 4.78 is 0. The first-order valence-electron chi connectivity index (χ1n) is 7.18. The SMILES string of the molecule is CCNC(=S)NC1CCN(Cc2ccc(Cl)cc2)CC1. The molecule has 1 saturated heterocycles. The Labute approximate surface area is 131 Å². The summed E-state index contributed by atoms with van der Waals surface area (Å²) in [4.78, 5) is 2.48. The summed E-state index contributed by atoms with van der Waals surface area (Å²) in [6.45, 7) is 6.15. The van der Waals surface area contributed by atoms with E-state index in [1.165, 1.54) is 5.56 Å². The molecule has 0 atom stereocenters. The Hall–Kier alpha value is -0.840. The molecule has 1 aliphatic rings. The van der Waals surface area contributed by atoms with Crippen LogP contribution in [0.2, 0.25) is 5.02 Å². The number of nitrogens with zero attached hydrogens (tertiary/aromatic N) is 1. The fraction of sp³-hybridized carbons (Fsp3) is 0.533. The lowest BCUT2D eigenvalue weighted by molar-refractivity contribution is 0.199. The molecule has 3 nitrogen and oxygen atoms in total. The third-order valence-electron chi connectivity index (χ3n) is 3.58. The lowest BCUT2D eigenvalue weighted by Gasteiger charge is -2.33. The number of hydrogen-bond acceptors (Lipinski definition) is 2. The molecular formula is C15H22ClN3S. The third-order valence-corrected chi connectivity index (χ3v) is 4.09. The average molecular weight is 312 g/mol. The van der Waals surface area contributed by atoms with Crippen molar-refractivity contribution in [2.24, 2.45) is 0 Å². The molecule has 2 rings (SSSR count). The van der Waals surface area contributed by atoms with Crippen molar-refractivity contribution < 1.29 is 0 Å². The van der Waals surface area contributed by atoms with E-state index in [2.05, 4.69) is 34.6 Å². The third kappa shape index (κ3) is 4.93. The lowest BCUT2D eigenvalue weighted by Crippen LogP contribution is -2.47. The molecule has 0 aliphatic carbocycles. The topological polar surface area (TPSA) is 27.3 Å². The smallest absolute Gasteiger partial charge is 0.166 e. The summed E-state index contributed by atoms with van der Waals surface area (Å²) in [5, 5.41) is 8.11. The molecule has 2 N–H and O–H groups in total. The molecule has 1 aromatic carbocycles. The quantitative estimate of drug-likeness (QED) is 0.836. The Bertz CT molecular complexity index is 427. The van der Waals surface area contributed by atoms with Gasteiger partial charge < -0.3 is 10.6 Å². The standard InChI is InChI=1S/C15H22ClN3S/c1-2-17-15(20)18-14-7-9-19(10-8-14)11-12-3-5-13(16)6-4-12/h3-6,14H,2,7-11H2,1H3,(H2,17,18,20). The van der Waals surface area contributed by atoms with Gasteiger partial charge in [0.1, 0.15) is 0 Å². The molecule has 0 amide bonds. The molecule has 0 bridgehead atoms. The fourth-order valence-corrected chi connectivity index (χ4v) is 2.92. The number of piperidine rings is 1. The van der Waals surface area contributed by atoms with Crippen LogP contribution in [0.15, 0.2) is 24.3 Å². The molecule has 0 spiro atoms. The highest BCUT2D eigenvalue weighted by molar-refractivity contribution is 7.80. The molecule has 0 unspecified atom stereocenters. The predicted molar refractivity (Wildman–Crippen MR) is 89.2 cm³/mol. The van der Waals surface area contributed by atoms with Crippen LogP contribution in [0.1, 0.15) is 25.3 Å². The molecule has 0 radical (unpaired) electrons. The van der Waals surface area contributed by atoms with E-state index >= 15 is 0 Å². The highest BCUT2D eigenvalue weighted by atomic mass is 35.5. The molecule has 5 heteroatoms. The Morgan fingerprint density at radius 1 is 1.30 bits per heavy atom. The van der Waals surface area contributed by atoms with Crippen LogP contribution in [-0.4, -0.2) is 35.7 Å². The van der Waals surface area contributed by atoms with E-state index in [4.69, 9.17) is 23.8 Å². The molecule has 1 aliphatic heterocycles. The first-order chi connectivity index (χ1) is 9.67. The van der Waals surface area contributed by atoms with Crippen LogP contribution in [0.25, 0.3) is 0 Å². The summed E-state index contributed by atoms with van der Waals surface area (Å²) >= 11 is 11.1. The van der Waals surface area contributed by atoms with Crippen molar-refractivity contribution in [2.75, 3.05) is 19.6 Å². The van der Waals surface area contributed by atoms with Crippen molar-refractivity contribution in [2.45, 2.75) is 32.4 Å². The van der Waals surface area contributed by atoms with E-state index in [1.807, 2.05) is 12.1 Å². The van der Waals surface area contributed by atoms with Gasteiger partial charge in [-0.15, -0.1) is 0 Å². The van der Waals surface area contributed by atoms with Gasteiger partial charge in [0, 0.05) is 37.2 Å². The van der Waals surface area contributed by atoms with Crippen LogP contribution >= 0.6 is 23.8 Å². The molecule has 1 aromatic rings. The summed E-state index contributed by atoms with van der Waals surface area (Å²) in [7, 11) is 0. The van der Waals surface area contributed by atoms with Crippen molar-refractivity contribution in [3.8, 4) is 0 Å². The molecular weight excluding hydrogens is 290 g/mol. The van der Waals surface area contributed by atoms with Crippen molar-refractivity contribution in [1.29, 1.82) is 0 Å². The summed E-state index contributed by atoms with van der Waals surface area (Å²) in [6.07, 6.45) is 2.28. The van der Waals surface area contributed by atoms with Gasteiger partial charge in [-0.2, -0.15) is 0 Å². The Morgan fingerprint density at radius 2 is 1.95 bits per heavy atom. The second-order valence-corrected chi connectivity index (χ2v) is 6.03. The molecule has 1 fully saturated rings. The van der Waals surface area contributed by atoms with E-state index in [1.54, 1.807) is 0 Å². The van der Waals surface area contributed by atoms with Gasteiger partial charge in [-0.05, 0) is 49.7 Å². The zero-order valence-corrected chi connectivity index (χ0v) is 13.4. The largest absolute Gasteiger partial charge is 0.363 e. The maximum absolute atomic E-state index is 5.91. The monoisotopic (exact) mass is 311 g/mol. The van der Waals surface area contributed by atoms with E-state index in [0.717, 1.165) is 49.2 Å². The highest BCUT2D eigenvalue weighted by Gasteiger charge is 2.19. The predicted octanol–water partition coefficient (Wildman–Crippen LogP) is 2.79. The Kier molecular flexibility index (Phi) is 6.07. The minimum absolute atomic E-state index is 0.503. The van der Waals surface area contributed by atoms with Gasteiger partial charge in [0.2, 0.25) is 0 Å². The maximum Gasteiger partial charge on any atom is 0.166 e. The summed E-state index contributed by atoms with van der Waals surface area (Å²) in [5.41, 5.74) is 1.32. The van der Waals surface area contributed by atoms with Gasteiger partial charge in [-0.25, -0.2) is 0 Å². The normalized spacial score (nSPS) is 16.9. The summed E-state index contributed by atoms with van der Waals surface area (Å²) in [6, 6.07) is 8.63. The van der Waals surface area contributed by atoms with Crippen molar-refractivity contribution >= 4 is 28.9 Å². The summed E-state index contributed by atoms with van der Waals surface area (Å²) in [5.74, 6) is 0. The number of halogens is 1. The fourth-order valence-electron chi connectivity index (χ4n) is 2.48. The van der Waals surface area contributed by atoms with Crippen LogP contribution in [0.5, 0.6) is 0 Å². The van der Waals surface area contributed by atoms with Gasteiger partial charge in [0.25, 0.3) is 0 Å². The molecule has 110 valence electrons. The van der Waals surface area contributed by atoms with Gasteiger partial charge >= 0.3 is 0 Å². The number of likely N-dealkylation sites (tertiary alicyclic amines) is 1. The highest BCUT2D eigenvalue weighted by Crippen LogP contribution is 2.15. The van der Waals surface area contributed by atoms with Crippen LogP contribution in [0.4, 0.5) is 0 Å². The van der Waals surface area contributed by atoms with Crippen LogP contribution in [-0.2, 0) is 6.54 Å². The average Bonchev–Trinajstić information content (AvgIpc) is 2.44. The first kappa shape index (κ1) is 15.5. The minimum Gasteiger partial charge on any atom is -0.363 e. The van der Waals surface area contributed by atoms with Crippen molar-refractivity contribution in [3.63, 3.8) is 0 Å². The van der Waals surface area contributed by atoms with E-state index in [-0.39, 0.29) is 0 Å². The molecule has 0 saturated carbocycles. The van der Waals surface area contributed by atoms with E-state index in [9.17, 15) is 0 Å². The zero-order valence-electron chi connectivity index (χ0n) is 11.9. The van der Waals surface area contributed by atoms with E-state index in [0.29, 0.717) is 6.04 Å². The molecule has 20 heavy (non-hydrogen) atoms. The number of benzene rings is 1. The van der Waals surface area contributed by atoms with Crippen LogP contribution in [0.3, 0.4) is 0 Å². The zero-order chi connectivity index (χ0) is 14.4. The second kappa shape index (κ2) is 7.81. The first-order valence-corrected chi connectivity index (χ1v) is 7.97. The van der Waals surface area contributed by atoms with Gasteiger partial charge in [-0.1, -0.05) is 23.7 Å². The van der Waals surface area contributed by atoms with Crippen LogP contribution in [0, 0.1) is 0 Å². The minimum atomic E-state index is 0.503. The van der Waals surface area contributed by atoms with Gasteiger partial charge in [0.15, 0.2) is 5.11 Å². The maximum atomic E-state index is 5.91. The number of nitrogens with one attached hydrogen (secondary N) is 2.